The predicted molar refractivity (Wildman–Crippen MR) is 105 cm³/mol. The van der Waals surface area contributed by atoms with Crippen molar-refractivity contribution in [3.63, 3.8) is 0 Å². The van der Waals surface area contributed by atoms with Gasteiger partial charge in [0, 0.05) is 19.2 Å². The van der Waals surface area contributed by atoms with E-state index in [1.807, 2.05) is 37.3 Å². The lowest BCUT2D eigenvalue weighted by molar-refractivity contribution is -0.140. The molecule has 6 heteroatoms. The van der Waals surface area contributed by atoms with Crippen LogP contribution < -0.4 is 4.74 Å². The normalized spacial score (nSPS) is 18.5. The van der Waals surface area contributed by atoms with E-state index in [1.54, 1.807) is 25.3 Å². The van der Waals surface area contributed by atoms with Gasteiger partial charge in [-0.2, -0.15) is 0 Å². The molecule has 2 aromatic carbocycles. The van der Waals surface area contributed by atoms with Crippen LogP contribution >= 0.6 is 0 Å². The summed E-state index contributed by atoms with van der Waals surface area (Å²) < 4.78 is 10.3. The molecule has 1 amide bonds. The first-order valence-corrected chi connectivity index (χ1v) is 8.97. The number of likely N-dealkylation sites (tertiary alicyclic amines) is 1. The quantitative estimate of drug-likeness (QED) is 0.473. The molecule has 1 fully saturated rings. The zero-order chi connectivity index (χ0) is 20.3. The number of hydrogen-bond acceptors (Lipinski definition) is 5. The molecule has 1 heterocycles. The summed E-state index contributed by atoms with van der Waals surface area (Å²) in [4.78, 5) is 27.0. The number of nitrogens with zero attached hydrogens (tertiary/aromatic N) is 1. The maximum Gasteiger partial charge on any atom is 0.295 e. The number of aliphatic hydroxyl groups is 1. The molecule has 1 aliphatic rings. The Hall–Kier alpha value is -3.12. The number of aliphatic hydroxyl groups excluding tert-OH is 1. The van der Waals surface area contributed by atoms with Crippen LogP contribution in [0, 0.1) is 6.92 Å². The van der Waals surface area contributed by atoms with Crippen LogP contribution in [0.5, 0.6) is 5.75 Å². The Morgan fingerprint density at radius 3 is 2.43 bits per heavy atom. The Balaban J connectivity index is 2.16. The number of hydrogen-bond donors (Lipinski definition) is 1. The minimum absolute atomic E-state index is 0.0839. The molecular weight excluding hydrogens is 358 g/mol. The third-order valence-electron chi connectivity index (χ3n) is 4.88. The van der Waals surface area contributed by atoms with Gasteiger partial charge in [0.05, 0.1) is 25.3 Å². The highest BCUT2D eigenvalue weighted by Crippen LogP contribution is 2.39. The molecule has 0 saturated carbocycles. The lowest BCUT2D eigenvalue weighted by Crippen LogP contribution is -2.32. The molecule has 1 saturated heterocycles. The Morgan fingerprint density at radius 2 is 1.82 bits per heavy atom. The second kappa shape index (κ2) is 8.27. The molecule has 1 N–H and O–H groups in total. The smallest absolute Gasteiger partial charge is 0.295 e. The van der Waals surface area contributed by atoms with E-state index in [0.29, 0.717) is 11.3 Å². The first kappa shape index (κ1) is 19.6. The number of carbonyl (C=O) groups excluding carboxylic acids is 2. The first-order chi connectivity index (χ1) is 13.5. The van der Waals surface area contributed by atoms with Gasteiger partial charge in [-0.15, -0.1) is 0 Å². The maximum absolute atomic E-state index is 12.8. The number of benzene rings is 2. The van der Waals surface area contributed by atoms with Crippen LogP contribution in [0.25, 0.3) is 5.76 Å². The highest BCUT2D eigenvalue weighted by atomic mass is 16.5. The lowest BCUT2D eigenvalue weighted by atomic mass is 9.94. The first-order valence-electron chi connectivity index (χ1n) is 8.97. The summed E-state index contributed by atoms with van der Waals surface area (Å²) >= 11 is 0. The van der Waals surface area contributed by atoms with E-state index >= 15 is 0 Å². The second-order valence-electron chi connectivity index (χ2n) is 6.58. The molecule has 6 nitrogen and oxygen atoms in total. The second-order valence-corrected chi connectivity index (χ2v) is 6.58. The van der Waals surface area contributed by atoms with Gasteiger partial charge in [-0.1, -0.05) is 30.3 Å². The van der Waals surface area contributed by atoms with E-state index in [9.17, 15) is 14.7 Å². The van der Waals surface area contributed by atoms with Crippen LogP contribution in [-0.4, -0.2) is 49.1 Å². The summed E-state index contributed by atoms with van der Waals surface area (Å²) in [6, 6.07) is 13.7. The summed E-state index contributed by atoms with van der Waals surface area (Å²) in [5.41, 5.74) is 2.07. The van der Waals surface area contributed by atoms with E-state index in [4.69, 9.17) is 9.47 Å². The standard InChI is InChI=1S/C22H23NO5/c1-14-13-16(28-3)9-10-17(14)20(24)18-19(15-7-5-4-6-8-15)23(11-12-27-2)22(26)21(18)25/h4-10,13,19,24H,11-12H2,1-3H3/b20-18+/t19-/m0/s1. The summed E-state index contributed by atoms with van der Waals surface area (Å²) in [7, 11) is 3.10. The molecule has 3 rings (SSSR count). The molecule has 1 atom stereocenters. The van der Waals surface area contributed by atoms with Crippen molar-refractivity contribution in [2.75, 3.05) is 27.4 Å². The lowest BCUT2D eigenvalue weighted by Gasteiger charge is -2.25. The highest BCUT2D eigenvalue weighted by molar-refractivity contribution is 6.46. The number of methoxy groups -OCH3 is 2. The van der Waals surface area contributed by atoms with Gasteiger partial charge in [0.1, 0.15) is 11.5 Å². The molecule has 1 aliphatic heterocycles. The Kier molecular flexibility index (Phi) is 5.80. The number of aryl methyl sites for hydroxylation is 1. The Morgan fingerprint density at radius 1 is 1.11 bits per heavy atom. The number of ether oxygens (including phenoxy) is 2. The number of Topliss-reactive ketones (excluding diaryl/α,β-unsaturated/α-hetero) is 1. The third-order valence-corrected chi connectivity index (χ3v) is 4.88. The molecule has 0 unspecified atom stereocenters. The van der Waals surface area contributed by atoms with Crippen molar-refractivity contribution in [1.29, 1.82) is 0 Å². The van der Waals surface area contributed by atoms with Gasteiger partial charge < -0.3 is 19.5 Å². The topological polar surface area (TPSA) is 76.1 Å². The zero-order valence-electron chi connectivity index (χ0n) is 16.1. The van der Waals surface area contributed by atoms with E-state index in [1.165, 1.54) is 12.0 Å². The van der Waals surface area contributed by atoms with Crippen molar-refractivity contribution in [2.24, 2.45) is 0 Å². The number of ketones is 1. The molecule has 2 aromatic rings. The summed E-state index contributed by atoms with van der Waals surface area (Å²) in [5, 5.41) is 11.0. The highest BCUT2D eigenvalue weighted by Gasteiger charge is 2.45. The zero-order valence-corrected chi connectivity index (χ0v) is 16.1. The molecule has 0 aromatic heterocycles. The van der Waals surface area contributed by atoms with Crippen molar-refractivity contribution >= 4 is 17.4 Å². The molecular formula is C22H23NO5. The molecule has 28 heavy (non-hydrogen) atoms. The Labute approximate surface area is 164 Å². The fraction of sp³-hybridized carbons (Fsp3) is 0.273. The van der Waals surface area contributed by atoms with Crippen LogP contribution in [0.1, 0.15) is 22.7 Å². The molecule has 0 spiro atoms. The van der Waals surface area contributed by atoms with Crippen molar-refractivity contribution in [3.8, 4) is 5.75 Å². The largest absolute Gasteiger partial charge is 0.507 e. The minimum atomic E-state index is -0.697. The van der Waals surface area contributed by atoms with E-state index in [0.717, 1.165) is 11.1 Å². The van der Waals surface area contributed by atoms with Crippen molar-refractivity contribution < 1.29 is 24.2 Å². The van der Waals surface area contributed by atoms with Crippen LogP contribution in [0.15, 0.2) is 54.1 Å². The van der Waals surface area contributed by atoms with Gasteiger partial charge >= 0.3 is 0 Å². The average Bonchev–Trinajstić information content (AvgIpc) is 2.97. The minimum Gasteiger partial charge on any atom is -0.507 e. The number of rotatable bonds is 6. The Bertz CT molecular complexity index is 920. The molecule has 146 valence electrons. The van der Waals surface area contributed by atoms with Crippen molar-refractivity contribution in [1.82, 2.24) is 4.90 Å². The van der Waals surface area contributed by atoms with Crippen molar-refractivity contribution in [3.05, 3.63) is 70.8 Å². The third kappa shape index (κ3) is 3.51. The van der Waals surface area contributed by atoms with E-state index in [-0.39, 0.29) is 24.5 Å². The van der Waals surface area contributed by atoms with Crippen LogP contribution in [-0.2, 0) is 14.3 Å². The van der Waals surface area contributed by atoms with E-state index < -0.39 is 17.7 Å². The fourth-order valence-corrected chi connectivity index (χ4v) is 3.46. The number of amides is 1. The molecule has 0 radical (unpaired) electrons. The van der Waals surface area contributed by atoms with Crippen LogP contribution in [0.4, 0.5) is 0 Å². The fourth-order valence-electron chi connectivity index (χ4n) is 3.46. The molecule has 0 bridgehead atoms. The average molecular weight is 381 g/mol. The summed E-state index contributed by atoms with van der Waals surface area (Å²) in [6.07, 6.45) is 0. The van der Waals surface area contributed by atoms with Crippen LogP contribution in [0.2, 0.25) is 0 Å². The van der Waals surface area contributed by atoms with Gasteiger partial charge in [-0.25, -0.2) is 0 Å². The monoisotopic (exact) mass is 381 g/mol. The van der Waals surface area contributed by atoms with Crippen LogP contribution in [0.3, 0.4) is 0 Å². The number of carbonyl (C=O) groups is 2. The maximum atomic E-state index is 12.8. The summed E-state index contributed by atoms with van der Waals surface area (Å²) in [5.74, 6) is -0.877. The predicted octanol–water partition coefficient (Wildman–Crippen LogP) is 3.07. The van der Waals surface area contributed by atoms with E-state index in [2.05, 4.69) is 0 Å². The van der Waals surface area contributed by atoms with Gasteiger partial charge in [-0.05, 0) is 36.2 Å². The van der Waals surface area contributed by atoms with Gasteiger partial charge in [-0.3, -0.25) is 9.59 Å². The van der Waals surface area contributed by atoms with Gasteiger partial charge in [0.25, 0.3) is 11.7 Å². The van der Waals surface area contributed by atoms with Gasteiger partial charge in [0.15, 0.2) is 0 Å². The van der Waals surface area contributed by atoms with Crippen molar-refractivity contribution in [2.45, 2.75) is 13.0 Å². The molecule has 0 aliphatic carbocycles. The van der Waals surface area contributed by atoms with Gasteiger partial charge in [0.2, 0.25) is 0 Å². The summed E-state index contributed by atoms with van der Waals surface area (Å²) in [6.45, 7) is 2.35. The SMILES string of the molecule is COCCN1C(=O)C(=O)/C(=C(/O)c2ccc(OC)cc2C)[C@@H]1c1ccccc1.